The molecule has 0 saturated carbocycles. The van der Waals surface area contributed by atoms with Crippen molar-refractivity contribution in [2.24, 2.45) is 0 Å². The highest BCUT2D eigenvalue weighted by atomic mass is 32.2. The van der Waals surface area contributed by atoms with Crippen LogP contribution in [0.15, 0.2) is 108 Å². The van der Waals surface area contributed by atoms with Crippen molar-refractivity contribution in [1.82, 2.24) is 3.97 Å². The molecule has 6 rings (SSSR count). The lowest BCUT2D eigenvalue weighted by Gasteiger charge is -2.14. The molecule has 6 aromatic rings. The van der Waals surface area contributed by atoms with Crippen molar-refractivity contribution in [3.05, 3.63) is 115 Å². The molecule has 7 heteroatoms. The average Bonchev–Trinajstić information content (AvgIpc) is 3.49. The Kier molecular flexibility index (Phi) is 5.56. The number of hydrogen-bond donors (Lipinski definition) is 0. The van der Waals surface area contributed by atoms with Crippen LogP contribution in [0.5, 0.6) is 5.75 Å². The SMILES string of the molecule is [C-]#[N+]c1sc2ccccc2c1-c1c(-c2ccccc2)n(S(=O)(=O)c2ccc(OC)cc2)c2ccccc12. The minimum atomic E-state index is -4.03. The van der Waals surface area contributed by atoms with Gasteiger partial charge in [-0.05, 0) is 47.3 Å². The normalized spacial score (nSPS) is 11.6. The van der Waals surface area contributed by atoms with Gasteiger partial charge in [0.1, 0.15) is 5.75 Å². The maximum atomic E-state index is 14.3. The average molecular weight is 521 g/mol. The fourth-order valence-electron chi connectivity index (χ4n) is 4.78. The van der Waals surface area contributed by atoms with Gasteiger partial charge in [0.25, 0.3) is 10.0 Å². The van der Waals surface area contributed by atoms with E-state index in [1.165, 1.54) is 15.3 Å². The molecule has 0 saturated heterocycles. The van der Waals surface area contributed by atoms with Gasteiger partial charge in [0.2, 0.25) is 5.00 Å². The summed E-state index contributed by atoms with van der Waals surface area (Å²) < 4.78 is 36.3. The molecule has 0 radical (unpaired) electrons. The number of methoxy groups -OCH3 is 1. The molecule has 0 N–H and O–H groups in total. The van der Waals surface area contributed by atoms with Crippen LogP contribution in [0, 0.1) is 6.57 Å². The smallest absolute Gasteiger partial charge is 0.268 e. The number of aromatic nitrogens is 1. The zero-order valence-electron chi connectivity index (χ0n) is 19.8. The van der Waals surface area contributed by atoms with Gasteiger partial charge in [-0.1, -0.05) is 66.7 Å². The van der Waals surface area contributed by atoms with Gasteiger partial charge in [0.05, 0.1) is 29.8 Å². The molecule has 5 nitrogen and oxygen atoms in total. The molecule has 0 bridgehead atoms. The quantitative estimate of drug-likeness (QED) is 0.217. The fraction of sp³-hybridized carbons (Fsp3) is 0.0333. The Hall–Kier alpha value is -4.38. The summed E-state index contributed by atoms with van der Waals surface area (Å²) in [6.07, 6.45) is 0. The molecule has 0 amide bonds. The third-order valence-electron chi connectivity index (χ3n) is 6.41. The highest BCUT2D eigenvalue weighted by Gasteiger charge is 2.30. The summed E-state index contributed by atoms with van der Waals surface area (Å²) in [5.74, 6) is 0.576. The zero-order valence-corrected chi connectivity index (χ0v) is 21.4. The number of thiophene rings is 1. The van der Waals surface area contributed by atoms with E-state index in [2.05, 4.69) is 4.85 Å². The second-order valence-corrected chi connectivity index (χ2v) is 11.3. The van der Waals surface area contributed by atoms with Gasteiger partial charge >= 0.3 is 0 Å². The van der Waals surface area contributed by atoms with Crippen LogP contribution in [0.1, 0.15) is 0 Å². The molecule has 0 atom stereocenters. The number of ether oxygens (including phenoxy) is 1. The van der Waals surface area contributed by atoms with Crippen LogP contribution >= 0.6 is 11.3 Å². The first-order chi connectivity index (χ1) is 18.0. The Labute approximate surface area is 218 Å². The summed E-state index contributed by atoms with van der Waals surface area (Å²) >= 11 is 1.42. The van der Waals surface area contributed by atoms with E-state index in [1.807, 2.05) is 78.9 Å². The summed E-state index contributed by atoms with van der Waals surface area (Å²) in [5, 5.41) is 2.23. The second kappa shape index (κ2) is 8.93. The third kappa shape index (κ3) is 3.61. The van der Waals surface area contributed by atoms with Crippen molar-refractivity contribution in [1.29, 1.82) is 0 Å². The van der Waals surface area contributed by atoms with Gasteiger partial charge in [-0.2, -0.15) is 11.3 Å². The minimum absolute atomic E-state index is 0.151. The van der Waals surface area contributed by atoms with Crippen molar-refractivity contribution in [3.63, 3.8) is 0 Å². The van der Waals surface area contributed by atoms with Crippen molar-refractivity contribution < 1.29 is 13.2 Å². The number of para-hydroxylation sites is 1. The monoisotopic (exact) mass is 520 g/mol. The number of benzene rings is 4. The Morgan fingerprint density at radius 3 is 2.14 bits per heavy atom. The molecule has 0 aliphatic carbocycles. The maximum absolute atomic E-state index is 14.3. The van der Waals surface area contributed by atoms with E-state index < -0.39 is 10.0 Å². The molecular formula is C30H20N2O3S2. The Morgan fingerprint density at radius 1 is 0.784 bits per heavy atom. The lowest BCUT2D eigenvalue weighted by atomic mass is 9.97. The highest BCUT2D eigenvalue weighted by Crippen LogP contribution is 2.51. The Morgan fingerprint density at radius 2 is 1.43 bits per heavy atom. The van der Waals surface area contributed by atoms with E-state index in [0.29, 0.717) is 22.0 Å². The summed E-state index contributed by atoms with van der Waals surface area (Å²) in [6.45, 7) is 7.95. The van der Waals surface area contributed by atoms with Crippen LogP contribution in [0.4, 0.5) is 5.00 Å². The molecule has 37 heavy (non-hydrogen) atoms. The lowest BCUT2D eigenvalue weighted by molar-refractivity contribution is 0.414. The summed E-state index contributed by atoms with van der Waals surface area (Å²) in [5.41, 5.74) is 3.33. The van der Waals surface area contributed by atoms with Crippen LogP contribution < -0.4 is 4.74 Å². The summed E-state index contributed by atoms with van der Waals surface area (Å²) in [7, 11) is -2.48. The van der Waals surface area contributed by atoms with E-state index in [4.69, 9.17) is 11.3 Å². The van der Waals surface area contributed by atoms with Crippen LogP contribution in [-0.2, 0) is 10.0 Å². The largest absolute Gasteiger partial charge is 0.497 e. The van der Waals surface area contributed by atoms with E-state index >= 15 is 0 Å². The molecule has 4 aromatic carbocycles. The first-order valence-corrected chi connectivity index (χ1v) is 13.8. The van der Waals surface area contributed by atoms with Gasteiger partial charge in [-0.25, -0.2) is 17.2 Å². The minimum Gasteiger partial charge on any atom is -0.497 e. The molecule has 0 aliphatic rings. The summed E-state index contributed by atoms with van der Waals surface area (Å²) in [4.78, 5) is 4.02. The van der Waals surface area contributed by atoms with E-state index in [9.17, 15) is 8.42 Å². The predicted molar refractivity (Wildman–Crippen MR) is 150 cm³/mol. The van der Waals surface area contributed by atoms with Crippen molar-refractivity contribution in [2.75, 3.05) is 7.11 Å². The molecule has 2 aromatic heterocycles. The first kappa shape index (κ1) is 23.0. The van der Waals surface area contributed by atoms with Gasteiger partial charge in [0.15, 0.2) is 0 Å². The van der Waals surface area contributed by atoms with Gasteiger partial charge in [-0.3, -0.25) is 0 Å². The number of hydrogen-bond acceptors (Lipinski definition) is 4. The first-order valence-electron chi connectivity index (χ1n) is 11.5. The third-order valence-corrected chi connectivity index (χ3v) is 9.20. The Bertz CT molecular complexity index is 1930. The van der Waals surface area contributed by atoms with Crippen molar-refractivity contribution >= 4 is 47.4 Å². The van der Waals surface area contributed by atoms with Gasteiger partial charge in [0, 0.05) is 21.2 Å². The molecule has 0 fully saturated rings. The fourth-order valence-corrected chi connectivity index (χ4v) is 7.32. The number of fused-ring (bicyclic) bond motifs is 2. The molecule has 180 valence electrons. The van der Waals surface area contributed by atoms with Gasteiger partial charge in [-0.15, -0.1) is 0 Å². The number of nitrogens with zero attached hydrogens (tertiary/aromatic N) is 2. The predicted octanol–water partition coefficient (Wildman–Crippen LogP) is 7.99. The van der Waals surface area contributed by atoms with E-state index in [-0.39, 0.29) is 4.90 Å². The Balaban J connectivity index is 1.80. The number of rotatable bonds is 5. The molecular weight excluding hydrogens is 500 g/mol. The standard InChI is InChI=1S/C30H20N2O3S2/c1-31-30-28(24-13-7-9-15-26(24)36-30)27-23-12-6-8-14-25(23)32(29(27)20-10-4-3-5-11-20)37(33,34)22-18-16-21(35-2)17-19-22/h3-19H,2H3. The van der Waals surface area contributed by atoms with Crippen LogP contribution in [0.3, 0.4) is 0 Å². The van der Waals surface area contributed by atoms with E-state index in [1.54, 1.807) is 31.4 Å². The molecule has 0 spiro atoms. The zero-order chi connectivity index (χ0) is 25.6. The van der Waals surface area contributed by atoms with Crippen molar-refractivity contribution in [3.8, 4) is 28.1 Å². The highest BCUT2D eigenvalue weighted by molar-refractivity contribution is 7.90. The molecule has 2 heterocycles. The topological polar surface area (TPSA) is 52.7 Å². The molecule has 0 aliphatic heterocycles. The van der Waals surface area contributed by atoms with Crippen molar-refractivity contribution in [2.45, 2.75) is 4.90 Å². The molecule has 0 unspecified atom stereocenters. The lowest BCUT2D eigenvalue weighted by Crippen LogP contribution is -2.14. The van der Waals surface area contributed by atoms with E-state index in [0.717, 1.165) is 32.2 Å². The summed E-state index contributed by atoms with van der Waals surface area (Å²) in [6, 6.07) is 31.3. The van der Waals surface area contributed by atoms with Gasteiger partial charge < -0.3 is 4.74 Å². The van der Waals surface area contributed by atoms with Crippen LogP contribution in [-0.4, -0.2) is 19.5 Å². The van der Waals surface area contributed by atoms with Crippen LogP contribution in [0.25, 0.3) is 48.2 Å². The van der Waals surface area contributed by atoms with Crippen LogP contribution in [0.2, 0.25) is 0 Å². The maximum Gasteiger partial charge on any atom is 0.268 e. The second-order valence-electron chi connectivity index (χ2n) is 8.44.